The number of anilines is 1. The quantitative estimate of drug-likeness (QED) is 0.811. The second-order valence-corrected chi connectivity index (χ2v) is 6.17. The van der Waals surface area contributed by atoms with Crippen molar-refractivity contribution in [3.8, 4) is 0 Å². The van der Waals surface area contributed by atoms with E-state index in [1.807, 2.05) is 36.9 Å². The molecule has 114 valence electrons. The number of nitrogens with two attached hydrogens (primary N) is 1. The topological polar surface area (TPSA) is 47.1 Å². The fourth-order valence-electron chi connectivity index (χ4n) is 2.51. The largest absolute Gasteiger partial charge is 0.398 e. The Labute approximate surface area is 135 Å². The zero-order valence-electron chi connectivity index (χ0n) is 12.9. The maximum absolute atomic E-state index is 6.07. The molecular formula is C16H23BrN4. The molecule has 0 aliphatic rings. The summed E-state index contributed by atoms with van der Waals surface area (Å²) in [5.74, 6) is 0. The van der Waals surface area contributed by atoms with Gasteiger partial charge in [-0.05, 0) is 47.4 Å². The van der Waals surface area contributed by atoms with E-state index in [1.54, 1.807) is 0 Å². The van der Waals surface area contributed by atoms with Gasteiger partial charge >= 0.3 is 0 Å². The Morgan fingerprint density at radius 3 is 2.57 bits per heavy atom. The summed E-state index contributed by atoms with van der Waals surface area (Å²) >= 11 is 3.65. The van der Waals surface area contributed by atoms with Gasteiger partial charge in [0.15, 0.2) is 0 Å². The monoisotopic (exact) mass is 350 g/mol. The third-order valence-electron chi connectivity index (χ3n) is 3.62. The Hall–Kier alpha value is -1.33. The van der Waals surface area contributed by atoms with Gasteiger partial charge in [0.2, 0.25) is 0 Å². The molecule has 0 unspecified atom stereocenters. The van der Waals surface area contributed by atoms with Crippen molar-refractivity contribution in [1.82, 2.24) is 14.7 Å². The molecule has 0 atom stereocenters. The fraction of sp³-hybridized carbons (Fsp3) is 0.438. The van der Waals surface area contributed by atoms with Gasteiger partial charge in [-0.15, -0.1) is 0 Å². The van der Waals surface area contributed by atoms with Crippen LogP contribution in [-0.4, -0.2) is 21.2 Å². The number of halogens is 1. The van der Waals surface area contributed by atoms with Gasteiger partial charge < -0.3 is 5.73 Å². The lowest BCUT2D eigenvalue weighted by Crippen LogP contribution is -2.25. The molecule has 1 aromatic carbocycles. The zero-order chi connectivity index (χ0) is 15.4. The number of benzene rings is 1. The van der Waals surface area contributed by atoms with Gasteiger partial charge in [-0.1, -0.05) is 25.1 Å². The third-order valence-corrected chi connectivity index (χ3v) is 4.66. The maximum atomic E-state index is 6.07. The van der Waals surface area contributed by atoms with Crippen LogP contribution in [0.2, 0.25) is 0 Å². The highest BCUT2D eigenvalue weighted by molar-refractivity contribution is 9.10. The number of aromatic nitrogens is 2. The van der Waals surface area contributed by atoms with Crippen LogP contribution in [0.3, 0.4) is 0 Å². The van der Waals surface area contributed by atoms with Gasteiger partial charge in [0.05, 0.1) is 15.9 Å². The number of hydrogen-bond donors (Lipinski definition) is 1. The number of nitrogen functional groups attached to an aromatic ring is 1. The van der Waals surface area contributed by atoms with Gasteiger partial charge in [-0.2, -0.15) is 5.10 Å². The summed E-state index contributed by atoms with van der Waals surface area (Å²) in [6.07, 6.45) is 1.11. The van der Waals surface area contributed by atoms with Crippen molar-refractivity contribution >= 4 is 21.6 Å². The second-order valence-electron chi connectivity index (χ2n) is 5.38. The molecule has 4 nitrogen and oxygen atoms in total. The number of para-hydroxylation sites is 1. The molecule has 2 aromatic rings. The first-order valence-corrected chi connectivity index (χ1v) is 8.06. The predicted octanol–water partition coefficient (Wildman–Crippen LogP) is 3.49. The molecule has 0 spiro atoms. The van der Waals surface area contributed by atoms with Crippen LogP contribution in [0.15, 0.2) is 28.7 Å². The van der Waals surface area contributed by atoms with Crippen LogP contribution in [0.1, 0.15) is 30.3 Å². The molecule has 0 bridgehead atoms. The van der Waals surface area contributed by atoms with E-state index in [-0.39, 0.29) is 0 Å². The van der Waals surface area contributed by atoms with Gasteiger partial charge in [0, 0.05) is 25.8 Å². The molecule has 0 saturated carbocycles. The average molecular weight is 351 g/mol. The van der Waals surface area contributed by atoms with Gasteiger partial charge in [-0.25, -0.2) is 0 Å². The second kappa shape index (κ2) is 7.09. The van der Waals surface area contributed by atoms with Crippen molar-refractivity contribution in [2.24, 2.45) is 7.05 Å². The highest BCUT2D eigenvalue weighted by atomic mass is 79.9. The molecule has 0 saturated heterocycles. The van der Waals surface area contributed by atoms with Crippen molar-refractivity contribution in [1.29, 1.82) is 0 Å². The molecule has 0 aliphatic heterocycles. The normalized spacial score (nSPS) is 11.3. The Balaban J connectivity index is 2.18. The molecule has 21 heavy (non-hydrogen) atoms. The number of nitrogens with zero attached hydrogens (tertiary/aromatic N) is 3. The van der Waals surface area contributed by atoms with Crippen LogP contribution in [0.25, 0.3) is 0 Å². The van der Waals surface area contributed by atoms with Gasteiger partial charge in [0.25, 0.3) is 0 Å². The van der Waals surface area contributed by atoms with Crippen LogP contribution < -0.4 is 5.73 Å². The lowest BCUT2D eigenvalue weighted by Gasteiger charge is -2.23. The SMILES string of the molecule is CCCN(Cc1ccccc1N)Cc1c(Br)c(C)nn1C. The van der Waals surface area contributed by atoms with Crippen LogP contribution in [-0.2, 0) is 20.1 Å². The summed E-state index contributed by atoms with van der Waals surface area (Å²) in [5, 5.41) is 4.47. The minimum absolute atomic E-state index is 0.858. The molecule has 2 rings (SSSR count). The lowest BCUT2D eigenvalue weighted by atomic mass is 10.1. The van der Waals surface area contributed by atoms with E-state index in [1.165, 1.54) is 11.3 Å². The number of hydrogen-bond acceptors (Lipinski definition) is 3. The molecule has 0 amide bonds. The molecular weight excluding hydrogens is 328 g/mol. The maximum Gasteiger partial charge on any atom is 0.0739 e. The first-order chi connectivity index (χ1) is 10.0. The Morgan fingerprint density at radius 2 is 2.00 bits per heavy atom. The summed E-state index contributed by atoms with van der Waals surface area (Å²) in [5.41, 5.74) is 10.3. The average Bonchev–Trinajstić information content (AvgIpc) is 2.68. The van der Waals surface area contributed by atoms with E-state index in [0.717, 1.165) is 41.9 Å². The summed E-state index contributed by atoms with van der Waals surface area (Å²) in [4.78, 5) is 2.41. The van der Waals surface area contributed by atoms with E-state index in [0.29, 0.717) is 0 Å². The van der Waals surface area contributed by atoms with Crippen LogP contribution in [0.4, 0.5) is 5.69 Å². The molecule has 1 heterocycles. The summed E-state index contributed by atoms with van der Waals surface area (Å²) in [6.45, 7) is 6.97. The van der Waals surface area contributed by atoms with E-state index < -0.39 is 0 Å². The number of aryl methyl sites for hydroxylation is 2. The van der Waals surface area contributed by atoms with E-state index in [2.05, 4.69) is 38.9 Å². The Bertz CT molecular complexity index is 606. The van der Waals surface area contributed by atoms with Crippen LogP contribution >= 0.6 is 15.9 Å². The minimum atomic E-state index is 0.858. The first-order valence-electron chi connectivity index (χ1n) is 7.26. The zero-order valence-corrected chi connectivity index (χ0v) is 14.5. The van der Waals surface area contributed by atoms with Crippen LogP contribution in [0.5, 0.6) is 0 Å². The van der Waals surface area contributed by atoms with Crippen LogP contribution in [0, 0.1) is 6.92 Å². The molecule has 2 N–H and O–H groups in total. The van der Waals surface area contributed by atoms with E-state index in [9.17, 15) is 0 Å². The van der Waals surface area contributed by atoms with Gasteiger partial charge in [-0.3, -0.25) is 9.58 Å². The highest BCUT2D eigenvalue weighted by Gasteiger charge is 2.15. The Kier molecular flexibility index (Phi) is 5.42. The lowest BCUT2D eigenvalue weighted by molar-refractivity contribution is 0.250. The third kappa shape index (κ3) is 3.86. The summed E-state index contributed by atoms with van der Waals surface area (Å²) in [6, 6.07) is 8.08. The molecule has 5 heteroatoms. The van der Waals surface area contributed by atoms with Crippen molar-refractivity contribution < 1.29 is 0 Å². The molecule has 0 radical (unpaired) electrons. The van der Waals surface area contributed by atoms with E-state index >= 15 is 0 Å². The van der Waals surface area contributed by atoms with Crippen molar-refractivity contribution in [2.75, 3.05) is 12.3 Å². The predicted molar refractivity (Wildman–Crippen MR) is 90.9 cm³/mol. The van der Waals surface area contributed by atoms with Crippen molar-refractivity contribution in [2.45, 2.75) is 33.4 Å². The Morgan fingerprint density at radius 1 is 1.29 bits per heavy atom. The first kappa shape index (κ1) is 16.0. The smallest absolute Gasteiger partial charge is 0.0739 e. The van der Waals surface area contributed by atoms with Crippen molar-refractivity contribution in [3.63, 3.8) is 0 Å². The summed E-state index contributed by atoms with van der Waals surface area (Å²) in [7, 11) is 1.99. The summed E-state index contributed by atoms with van der Waals surface area (Å²) < 4.78 is 3.06. The fourth-order valence-corrected chi connectivity index (χ4v) is 2.97. The molecule has 1 aromatic heterocycles. The van der Waals surface area contributed by atoms with Gasteiger partial charge in [0.1, 0.15) is 0 Å². The molecule has 0 aliphatic carbocycles. The highest BCUT2D eigenvalue weighted by Crippen LogP contribution is 2.23. The van der Waals surface area contributed by atoms with E-state index in [4.69, 9.17) is 5.73 Å². The molecule has 0 fully saturated rings. The number of rotatable bonds is 6. The minimum Gasteiger partial charge on any atom is -0.398 e. The van der Waals surface area contributed by atoms with Crippen molar-refractivity contribution in [3.05, 3.63) is 45.7 Å². The standard InChI is InChI=1S/C16H23BrN4/c1-4-9-21(10-13-7-5-6-8-14(13)18)11-15-16(17)12(2)19-20(15)3/h5-8H,4,9-11,18H2,1-3H3.